The van der Waals surface area contributed by atoms with Gasteiger partial charge < -0.3 is 10.4 Å². The van der Waals surface area contributed by atoms with Crippen molar-refractivity contribution in [1.29, 1.82) is 0 Å². The smallest absolute Gasteiger partial charge is 0.306 e. The molecular formula is C14H17ClN2O4. The lowest BCUT2D eigenvalue weighted by atomic mass is 9.86. The van der Waals surface area contributed by atoms with Gasteiger partial charge in [-0.05, 0) is 44.2 Å². The highest BCUT2D eigenvalue weighted by atomic mass is 35.5. The third-order valence-electron chi connectivity index (χ3n) is 3.93. The molecule has 114 valence electrons. The quantitative estimate of drug-likeness (QED) is 0.654. The summed E-state index contributed by atoms with van der Waals surface area (Å²) in [5.74, 6) is -0.993. The summed E-state index contributed by atoms with van der Waals surface area (Å²) in [7, 11) is 0. The van der Waals surface area contributed by atoms with Crippen LogP contribution in [0.3, 0.4) is 0 Å². The van der Waals surface area contributed by atoms with E-state index in [0.717, 1.165) is 24.1 Å². The largest absolute Gasteiger partial charge is 0.481 e. The zero-order chi connectivity index (χ0) is 15.6. The van der Waals surface area contributed by atoms with Crippen LogP contribution in [0.2, 0.25) is 5.02 Å². The lowest BCUT2D eigenvalue weighted by Gasteiger charge is -2.28. The Kier molecular flexibility index (Phi) is 4.67. The second-order valence-electron chi connectivity index (χ2n) is 5.41. The summed E-state index contributed by atoms with van der Waals surface area (Å²) in [5.41, 5.74) is 1.42. The molecule has 1 aliphatic carbocycles. The van der Waals surface area contributed by atoms with Gasteiger partial charge in [-0.3, -0.25) is 14.9 Å². The molecule has 0 spiro atoms. The number of carboxylic acids is 1. The van der Waals surface area contributed by atoms with Gasteiger partial charge in [-0.2, -0.15) is 0 Å². The van der Waals surface area contributed by atoms with Gasteiger partial charge in [-0.15, -0.1) is 0 Å². The van der Waals surface area contributed by atoms with Crippen molar-refractivity contribution in [1.82, 2.24) is 0 Å². The highest BCUT2D eigenvalue weighted by Gasteiger charge is 2.26. The van der Waals surface area contributed by atoms with Gasteiger partial charge >= 0.3 is 5.97 Å². The van der Waals surface area contributed by atoms with Crippen LogP contribution >= 0.6 is 11.6 Å². The first-order valence-electron chi connectivity index (χ1n) is 6.82. The average molecular weight is 313 g/mol. The van der Waals surface area contributed by atoms with Gasteiger partial charge in [0.15, 0.2) is 0 Å². The maximum Gasteiger partial charge on any atom is 0.306 e. The molecule has 1 fully saturated rings. The summed E-state index contributed by atoms with van der Waals surface area (Å²) in [6.45, 7) is 1.79. The number of nitro benzene ring substituents is 1. The van der Waals surface area contributed by atoms with Gasteiger partial charge in [0.25, 0.3) is 5.69 Å². The Morgan fingerprint density at radius 2 is 2.00 bits per heavy atom. The number of anilines is 1. The first-order valence-corrected chi connectivity index (χ1v) is 7.20. The second-order valence-corrected chi connectivity index (χ2v) is 5.81. The molecule has 2 N–H and O–H groups in total. The van der Waals surface area contributed by atoms with Crippen molar-refractivity contribution in [2.45, 2.75) is 38.6 Å². The van der Waals surface area contributed by atoms with Crippen LogP contribution < -0.4 is 5.32 Å². The lowest BCUT2D eigenvalue weighted by molar-refractivity contribution is -0.384. The molecule has 7 heteroatoms. The fourth-order valence-electron chi connectivity index (χ4n) is 2.67. The van der Waals surface area contributed by atoms with Gasteiger partial charge in [-0.1, -0.05) is 11.6 Å². The number of aryl methyl sites for hydroxylation is 1. The molecular weight excluding hydrogens is 296 g/mol. The summed E-state index contributed by atoms with van der Waals surface area (Å²) in [4.78, 5) is 21.2. The predicted molar refractivity (Wildman–Crippen MR) is 79.8 cm³/mol. The molecule has 0 saturated heterocycles. The monoisotopic (exact) mass is 312 g/mol. The minimum Gasteiger partial charge on any atom is -0.481 e. The number of benzene rings is 1. The van der Waals surface area contributed by atoms with Gasteiger partial charge in [0.05, 0.1) is 10.8 Å². The molecule has 6 nitrogen and oxygen atoms in total. The van der Waals surface area contributed by atoms with Crippen LogP contribution in [0.15, 0.2) is 12.1 Å². The molecule has 0 amide bonds. The SMILES string of the molecule is Cc1cc([N+](=O)[O-])c(Cl)cc1NC1CCC(C(=O)O)CC1. The summed E-state index contributed by atoms with van der Waals surface area (Å²) in [5, 5.41) is 23.2. The summed E-state index contributed by atoms with van der Waals surface area (Å²) in [6, 6.07) is 3.20. The Bertz CT molecular complexity index is 568. The molecule has 0 unspecified atom stereocenters. The fraction of sp³-hybridized carbons (Fsp3) is 0.500. The molecule has 1 aromatic rings. The molecule has 0 atom stereocenters. The topological polar surface area (TPSA) is 92.5 Å². The summed E-state index contributed by atoms with van der Waals surface area (Å²) < 4.78 is 0. The zero-order valence-electron chi connectivity index (χ0n) is 11.6. The van der Waals surface area contributed by atoms with E-state index in [9.17, 15) is 14.9 Å². The molecule has 21 heavy (non-hydrogen) atoms. The molecule has 0 aromatic heterocycles. The first-order chi connectivity index (χ1) is 9.88. The van der Waals surface area contributed by atoms with Crippen LogP contribution in [0, 0.1) is 23.0 Å². The molecule has 0 aliphatic heterocycles. The third kappa shape index (κ3) is 3.64. The van der Waals surface area contributed by atoms with Crippen LogP contribution in [0.5, 0.6) is 0 Å². The highest BCUT2D eigenvalue weighted by Crippen LogP contribution is 2.33. The Balaban J connectivity index is 2.06. The van der Waals surface area contributed by atoms with E-state index in [0.29, 0.717) is 12.8 Å². The number of hydrogen-bond donors (Lipinski definition) is 2. The Hall–Kier alpha value is -1.82. The van der Waals surface area contributed by atoms with Gasteiger partial charge in [-0.25, -0.2) is 0 Å². The first kappa shape index (κ1) is 15.6. The molecule has 0 heterocycles. The van der Waals surface area contributed by atoms with Crippen molar-refractivity contribution < 1.29 is 14.8 Å². The second kappa shape index (κ2) is 6.30. The van der Waals surface area contributed by atoms with E-state index >= 15 is 0 Å². The van der Waals surface area contributed by atoms with E-state index in [1.54, 1.807) is 13.0 Å². The number of nitrogens with one attached hydrogen (secondary N) is 1. The normalized spacial score (nSPS) is 21.8. The van der Waals surface area contributed by atoms with E-state index in [4.69, 9.17) is 16.7 Å². The Morgan fingerprint density at radius 1 is 1.38 bits per heavy atom. The van der Waals surface area contributed by atoms with Gasteiger partial charge in [0.2, 0.25) is 0 Å². The van der Waals surface area contributed by atoms with Crippen LogP contribution in [-0.2, 0) is 4.79 Å². The maximum absolute atomic E-state index is 10.9. The average Bonchev–Trinajstić information content (AvgIpc) is 2.42. The van der Waals surface area contributed by atoms with E-state index < -0.39 is 10.9 Å². The lowest BCUT2D eigenvalue weighted by Crippen LogP contribution is -2.29. The van der Waals surface area contributed by atoms with E-state index in [2.05, 4.69) is 5.32 Å². The van der Waals surface area contributed by atoms with Crippen LogP contribution in [0.4, 0.5) is 11.4 Å². The van der Waals surface area contributed by atoms with Crippen molar-refractivity contribution in [2.24, 2.45) is 5.92 Å². The third-order valence-corrected chi connectivity index (χ3v) is 4.23. The fourth-order valence-corrected chi connectivity index (χ4v) is 2.90. The number of nitrogens with zero attached hydrogens (tertiary/aromatic N) is 1. The van der Waals surface area contributed by atoms with E-state index in [-0.39, 0.29) is 22.7 Å². The molecule has 0 radical (unpaired) electrons. The van der Waals surface area contributed by atoms with Crippen molar-refractivity contribution >= 4 is 28.9 Å². The molecule has 0 bridgehead atoms. The summed E-state index contributed by atoms with van der Waals surface area (Å²) in [6.07, 6.45) is 2.83. The van der Waals surface area contributed by atoms with Crippen molar-refractivity contribution in [3.8, 4) is 0 Å². The van der Waals surface area contributed by atoms with Crippen molar-refractivity contribution in [2.75, 3.05) is 5.32 Å². The summed E-state index contributed by atoms with van der Waals surface area (Å²) >= 11 is 5.92. The van der Waals surface area contributed by atoms with Crippen LogP contribution in [-0.4, -0.2) is 22.0 Å². The van der Waals surface area contributed by atoms with Gasteiger partial charge in [0, 0.05) is 17.8 Å². The minimum absolute atomic E-state index is 0.102. The number of nitro groups is 1. The number of hydrogen-bond acceptors (Lipinski definition) is 4. The predicted octanol–water partition coefficient (Wildman–Crippen LogP) is 3.61. The molecule has 1 aliphatic rings. The van der Waals surface area contributed by atoms with Crippen molar-refractivity contribution in [3.63, 3.8) is 0 Å². The number of aliphatic carboxylic acids is 1. The zero-order valence-corrected chi connectivity index (χ0v) is 12.4. The van der Waals surface area contributed by atoms with Gasteiger partial charge in [0.1, 0.15) is 5.02 Å². The standard InChI is InChI=1S/C14H17ClN2O4/c1-8-6-13(17(20)21)11(15)7-12(8)16-10-4-2-9(3-5-10)14(18)19/h6-7,9-10,16H,2-5H2,1H3,(H,18,19). The number of carbonyl (C=O) groups is 1. The highest BCUT2D eigenvalue weighted by molar-refractivity contribution is 6.33. The van der Waals surface area contributed by atoms with Crippen molar-refractivity contribution in [3.05, 3.63) is 32.8 Å². The van der Waals surface area contributed by atoms with Crippen LogP contribution in [0.25, 0.3) is 0 Å². The molecule has 1 saturated carbocycles. The maximum atomic E-state index is 10.9. The minimum atomic E-state index is -0.733. The molecule has 2 rings (SSSR count). The van der Waals surface area contributed by atoms with E-state index in [1.165, 1.54) is 6.07 Å². The van der Waals surface area contributed by atoms with Crippen LogP contribution in [0.1, 0.15) is 31.2 Å². The Morgan fingerprint density at radius 3 is 2.52 bits per heavy atom. The van der Waals surface area contributed by atoms with E-state index in [1.807, 2.05) is 0 Å². The number of halogens is 1. The molecule has 1 aromatic carbocycles. The Labute approximate surface area is 127 Å². The number of rotatable bonds is 4. The number of carboxylic acid groups (broad SMARTS) is 1.